The predicted octanol–water partition coefficient (Wildman–Crippen LogP) is 0.227. The van der Waals surface area contributed by atoms with Crippen LogP contribution in [0.4, 0.5) is 0 Å². The van der Waals surface area contributed by atoms with Gasteiger partial charge in [-0.1, -0.05) is 27.5 Å². The van der Waals surface area contributed by atoms with E-state index in [0.717, 1.165) is 0 Å². The van der Waals surface area contributed by atoms with Crippen molar-refractivity contribution in [1.82, 2.24) is 4.72 Å². The molecule has 1 aromatic carbocycles. The third kappa shape index (κ3) is 3.92. The zero-order valence-electron chi connectivity index (χ0n) is 8.93. The molecule has 0 heterocycles. The Bertz CT molecular complexity index is 564. The highest BCUT2D eigenvalue weighted by atomic mass is 79.9. The van der Waals surface area contributed by atoms with Gasteiger partial charge < -0.3 is 10.8 Å². The van der Waals surface area contributed by atoms with Gasteiger partial charge in [0.05, 0.1) is 5.02 Å². The van der Waals surface area contributed by atoms with Crippen LogP contribution >= 0.6 is 27.5 Å². The highest BCUT2D eigenvalue weighted by Crippen LogP contribution is 2.24. The summed E-state index contributed by atoms with van der Waals surface area (Å²) in [4.78, 5) is 10.4. The van der Waals surface area contributed by atoms with Crippen LogP contribution in [-0.4, -0.2) is 32.1 Å². The number of halogens is 2. The summed E-state index contributed by atoms with van der Waals surface area (Å²) in [6, 6.07) is 4.22. The number of aliphatic hydroxyl groups excluding tert-OH is 1. The number of nitrogens with one attached hydrogen (secondary N) is 1. The summed E-state index contributed by atoms with van der Waals surface area (Å²) in [7, 11) is -3.91. The van der Waals surface area contributed by atoms with E-state index < -0.39 is 28.6 Å². The molecule has 0 aliphatic heterocycles. The van der Waals surface area contributed by atoms with Crippen LogP contribution in [-0.2, 0) is 14.8 Å². The number of carbonyl (C=O) groups excluding carboxylic acids is 1. The monoisotopic (exact) mass is 356 g/mol. The lowest BCUT2D eigenvalue weighted by molar-refractivity contribution is -0.125. The van der Waals surface area contributed by atoms with Gasteiger partial charge in [-0.25, -0.2) is 13.1 Å². The molecule has 0 aliphatic carbocycles. The zero-order chi connectivity index (χ0) is 13.9. The number of primary amides is 1. The van der Waals surface area contributed by atoms with Gasteiger partial charge in [0.15, 0.2) is 0 Å². The second-order valence-electron chi connectivity index (χ2n) is 3.34. The molecule has 0 saturated carbocycles. The van der Waals surface area contributed by atoms with Gasteiger partial charge in [0.25, 0.3) is 0 Å². The van der Waals surface area contributed by atoms with Crippen molar-refractivity contribution in [3.8, 4) is 0 Å². The number of amides is 1. The smallest absolute Gasteiger partial charge is 0.247 e. The van der Waals surface area contributed by atoms with E-state index in [4.69, 9.17) is 22.4 Å². The molecular weight excluding hydrogens is 348 g/mol. The van der Waals surface area contributed by atoms with E-state index in [2.05, 4.69) is 15.9 Å². The van der Waals surface area contributed by atoms with Gasteiger partial charge in [0.2, 0.25) is 15.9 Å². The van der Waals surface area contributed by atoms with Crippen LogP contribution in [0.5, 0.6) is 0 Å². The Labute approximate surface area is 117 Å². The fraction of sp³-hybridized carbons (Fsp3) is 0.222. The van der Waals surface area contributed by atoms with Crippen molar-refractivity contribution in [1.29, 1.82) is 0 Å². The Kier molecular flexibility index (Phi) is 5.11. The Morgan fingerprint density at radius 3 is 2.67 bits per heavy atom. The summed E-state index contributed by atoms with van der Waals surface area (Å²) in [6.07, 6.45) is -1.59. The van der Waals surface area contributed by atoms with Gasteiger partial charge in [0, 0.05) is 11.0 Å². The summed E-state index contributed by atoms with van der Waals surface area (Å²) < 4.78 is 26.3. The second kappa shape index (κ2) is 5.98. The van der Waals surface area contributed by atoms with Crippen LogP contribution < -0.4 is 10.5 Å². The van der Waals surface area contributed by atoms with Crippen molar-refractivity contribution in [3.63, 3.8) is 0 Å². The topological polar surface area (TPSA) is 109 Å². The molecule has 0 aliphatic rings. The van der Waals surface area contributed by atoms with Crippen molar-refractivity contribution in [2.75, 3.05) is 6.54 Å². The van der Waals surface area contributed by atoms with E-state index in [1.807, 2.05) is 4.72 Å². The summed E-state index contributed by atoms with van der Waals surface area (Å²) >= 11 is 8.93. The number of nitrogens with two attached hydrogens (primary N) is 1. The molecular formula is C9H10BrClN2O4S. The molecule has 18 heavy (non-hydrogen) atoms. The Morgan fingerprint density at radius 2 is 2.17 bits per heavy atom. The molecule has 1 amide bonds. The first-order chi connectivity index (χ1) is 8.24. The molecule has 1 unspecified atom stereocenters. The van der Waals surface area contributed by atoms with Gasteiger partial charge in [-0.2, -0.15) is 0 Å². The molecule has 0 saturated heterocycles. The van der Waals surface area contributed by atoms with Gasteiger partial charge in [-0.05, 0) is 18.2 Å². The van der Waals surface area contributed by atoms with Gasteiger partial charge in [-0.3, -0.25) is 4.79 Å². The minimum atomic E-state index is -3.91. The molecule has 4 N–H and O–H groups in total. The van der Waals surface area contributed by atoms with E-state index in [-0.39, 0.29) is 9.92 Å². The van der Waals surface area contributed by atoms with E-state index in [1.165, 1.54) is 18.2 Å². The number of rotatable bonds is 5. The summed E-state index contributed by atoms with van der Waals surface area (Å²) in [5.74, 6) is -1.01. The number of hydrogen-bond donors (Lipinski definition) is 3. The highest BCUT2D eigenvalue weighted by molar-refractivity contribution is 9.10. The molecule has 0 radical (unpaired) electrons. The number of hydrogen-bond acceptors (Lipinski definition) is 4. The first-order valence-electron chi connectivity index (χ1n) is 4.66. The number of sulfonamides is 1. The molecule has 100 valence electrons. The first kappa shape index (κ1) is 15.4. The highest BCUT2D eigenvalue weighted by Gasteiger charge is 2.20. The lowest BCUT2D eigenvalue weighted by Crippen LogP contribution is -2.39. The Morgan fingerprint density at radius 1 is 1.56 bits per heavy atom. The van der Waals surface area contributed by atoms with Crippen LogP contribution in [0.2, 0.25) is 5.02 Å². The Hall–Kier alpha value is -0.670. The van der Waals surface area contributed by atoms with Crippen molar-refractivity contribution in [2.24, 2.45) is 5.73 Å². The van der Waals surface area contributed by atoms with Crippen LogP contribution in [0.25, 0.3) is 0 Å². The maximum absolute atomic E-state index is 11.8. The normalized spacial score (nSPS) is 13.3. The van der Waals surface area contributed by atoms with E-state index in [1.54, 1.807) is 0 Å². The standard InChI is InChI=1S/C9H10BrClN2O4S/c10-5-1-2-8(6(11)3-5)18(16,17)13-4-7(14)9(12)15/h1-3,7,13-14H,4H2,(H2,12,15). The fourth-order valence-electron chi connectivity index (χ4n) is 1.06. The van der Waals surface area contributed by atoms with Crippen LogP contribution in [0.15, 0.2) is 27.6 Å². The van der Waals surface area contributed by atoms with E-state index in [9.17, 15) is 13.2 Å². The third-order valence-electron chi connectivity index (χ3n) is 1.98. The molecule has 1 atom stereocenters. The summed E-state index contributed by atoms with van der Waals surface area (Å²) in [5, 5.41) is 9.13. The quantitative estimate of drug-likeness (QED) is 0.700. The van der Waals surface area contributed by atoms with Crippen LogP contribution in [0.1, 0.15) is 0 Å². The second-order valence-corrected chi connectivity index (χ2v) is 6.40. The maximum Gasteiger partial charge on any atom is 0.247 e. The summed E-state index contributed by atoms with van der Waals surface area (Å²) in [5.41, 5.74) is 4.80. The first-order valence-corrected chi connectivity index (χ1v) is 7.31. The van der Waals surface area contributed by atoms with Crippen molar-refractivity contribution in [2.45, 2.75) is 11.0 Å². The number of benzene rings is 1. The molecule has 0 spiro atoms. The molecule has 9 heteroatoms. The molecule has 6 nitrogen and oxygen atoms in total. The largest absolute Gasteiger partial charge is 0.382 e. The van der Waals surface area contributed by atoms with E-state index in [0.29, 0.717) is 4.47 Å². The Balaban J connectivity index is 2.90. The zero-order valence-corrected chi connectivity index (χ0v) is 12.1. The molecule has 0 aromatic heterocycles. The van der Waals surface area contributed by atoms with Gasteiger partial charge in [-0.15, -0.1) is 0 Å². The van der Waals surface area contributed by atoms with Crippen LogP contribution in [0, 0.1) is 0 Å². The maximum atomic E-state index is 11.8. The molecule has 1 rings (SSSR count). The average molecular weight is 358 g/mol. The average Bonchev–Trinajstić information content (AvgIpc) is 2.25. The van der Waals surface area contributed by atoms with E-state index >= 15 is 0 Å². The lowest BCUT2D eigenvalue weighted by atomic mass is 10.3. The number of aliphatic hydroxyl groups is 1. The lowest BCUT2D eigenvalue weighted by Gasteiger charge is -2.10. The van der Waals surface area contributed by atoms with Gasteiger partial charge >= 0.3 is 0 Å². The fourth-order valence-corrected chi connectivity index (χ4v) is 3.13. The van der Waals surface area contributed by atoms with Crippen molar-refractivity contribution in [3.05, 3.63) is 27.7 Å². The molecule has 1 aromatic rings. The van der Waals surface area contributed by atoms with Crippen molar-refractivity contribution < 1.29 is 18.3 Å². The minimum absolute atomic E-state index is 0.0189. The SMILES string of the molecule is NC(=O)C(O)CNS(=O)(=O)c1ccc(Br)cc1Cl. The molecule has 0 bridgehead atoms. The van der Waals surface area contributed by atoms with Gasteiger partial charge in [0.1, 0.15) is 11.0 Å². The third-order valence-corrected chi connectivity index (χ3v) is 4.38. The minimum Gasteiger partial charge on any atom is -0.382 e. The molecule has 0 fully saturated rings. The summed E-state index contributed by atoms with van der Waals surface area (Å²) in [6.45, 7) is -0.510. The van der Waals surface area contributed by atoms with Crippen LogP contribution in [0.3, 0.4) is 0 Å². The number of carbonyl (C=O) groups is 1. The van der Waals surface area contributed by atoms with Crippen molar-refractivity contribution >= 4 is 43.5 Å². The predicted molar refractivity (Wildman–Crippen MR) is 69.5 cm³/mol.